The Labute approximate surface area is 183 Å². The maximum atomic E-state index is 12.3. The summed E-state index contributed by atoms with van der Waals surface area (Å²) >= 11 is 0. The molecular formula is C23H33N5O3. The summed E-state index contributed by atoms with van der Waals surface area (Å²) in [6.07, 6.45) is 1.94. The summed E-state index contributed by atoms with van der Waals surface area (Å²) in [5.74, 6) is -0.252. The average Bonchev–Trinajstić information content (AvgIpc) is 2.78. The van der Waals surface area contributed by atoms with Gasteiger partial charge in [-0.3, -0.25) is 14.5 Å². The monoisotopic (exact) mass is 427 g/mol. The van der Waals surface area contributed by atoms with Crippen molar-refractivity contribution in [2.24, 2.45) is 0 Å². The second kappa shape index (κ2) is 11.6. The summed E-state index contributed by atoms with van der Waals surface area (Å²) in [5.41, 5.74) is 2.62. The minimum atomic E-state index is -0.252. The van der Waals surface area contributed by atoms with E-state index in [0.29, 0.717) is 19.7 Å². The van der Waals surface area contributed by atoms with Crippen LogP contribution in [0.3, 0.4) is 0 Å². The fourth-order valence-corrected chi connectivity index (χ4v) is 3.72. The van der Waals surface area contributed by atoms with Gasteiger partial charge in [0.2, 0.25) is 0 Å². The third kappa shape index (κ3) is 6.90. The Kier molecular flexibility index (Phi) is 8.61. The zero-order chi connectivity index (χ0) is 22.1. The summed E-state index contributed by atoms with van der Waals surface area (Å²) in [7, 11) is 1.56. The molecule has 1 fully saturated rings. The summed E-state index contributed by atoms with van der Waals surface area (Å²) in [5, 5.41) is 7.02. The Morgan fingerprint density at radius 2 is 1.90 bits per heavy atom. The van der Waals surface area contributed by atoms with Crippen LogP contribution in [0.15, 0.2) is 41.2 Å². The Morgan fingerprint density at radius 3 is 2.65 bits per heavy atom. The number of piperazine rings is 1. The first kappa shape index (κ1) is 23.0. The second-order valence-electron chi connectivity index (χ2n) is 7.90. The van der Waals surface area contributed by atoms with Crippen molar-refractivity contribution in [3.63, 3.8) is 0 Å². The number of hydrogen-bond donors (Lipinski definition) is 1. The quantitative estimate of drug-likeness (QED) is 0.580. The molecule has 0 unspecified atom stereocenters. The fraction of sp³-hybridized carbons (Fsp3) is 0.522. The molecule has 1 N–H and O–H groups in total. The van der Waals surface area contributed by atoms with Crippen molar-refractivity contribution in [2.75, 3.05) is 57.9 Å². The molecule has 31 heavy (non-hydrogen) atoms. The first-order valence-electron chi connectivity index (χ1n) is 11.0. The summed E-state index contributed by atoms with van der Waals surface area (Å²) in [6.45, 7) is 8.69. The number of hydrogen-bond acceptors (Lipinski definition) is 6. The minimum absolute atomic E-state index is 0.240. The standard InChI is InChI=1S/C23H33N5O3/c1-19-6-5-7-20(18-19)27-14-12-26(13-15-27)11-4-3-10-24-23(30)21-8-9-22(29)28(25-21)16-17-31-2/h5-9,18H,3-4,10-17H2,1-2H3,(H,24,30). The highest BCUT2D eigenvalue weighted by Gasteiger charge is 2.17. The molecule has 2 aromatic rings. The van der Waals surface area contributed by atoms with Gasteiger partial charge in [-0.2, -0.15) is 5.10 Å². The Morgan fingerprint density at radius 1 is 1.10 bits per heavy atom. The van der Waals surface area contributed by atoms with E-state index in [1.54, 1.807) is 7.11 Å². The topological polar surface area (TPSA) is 79.7 Å². The molecule has 1 amide bonds. The number of nitrogens with one attached hydrogen (secondary N) is 1. The van der Waals surface area contributed by atoms with E-state index in [1.165, 1.54) is 28.1 Å². The van der Waals surface area contributed by atoms with Gasteiger partial charge >= 0.3 is 0 Å². The van der Waals surface area contributed by atoms with Gasteiger partial charge in [0.25, 0.3) is 11.5 Å². The van der Waals surface area contributed by atoms with Gasteiger partial charge in [0.15, 0.2) is 0 Å². The summed E-state index contributed by atoms with van der Waals surface area (Å²) in [4.78, 5) is 29.0. The number of amides is 1. The van der Waals surface area contributed by atoms with Gasteiger partial charge in [-0.1, -0.05) is 12.1 Å². The molecule has 0 bridgehead atoms. The van der Waals surface area contributed by atoms with Gasteiger partial charge in [-0.15, -0.1) is 0 Å². The molecule has 8 heteroatoms. The van der Waals surface area contributed by atoms with Crippen molar-refractivity contribution in [2.45, 2.75) is 26.3 Å². The van der Waals surface area contributed by atoms with Gasteiger partial charge in [0.05, 0.1) is 13.2 Å². The van der Waals surface area contributed by atoms with E-state index in [1.807, 2.05) is 0 Å². The lowest BCUT2D eigenvalue weighted by Gasteiger charge is -2.36. The number of aromatic nitrogens is 2. The van der Waals surface area contributed by atoms with Gasteiger partial charge in [-0.25, -0.2) is 4.68 Å². The van der Waals surface area contributed by atoms with Crippen LogP contribution in [0.2, 0.25) is 0 Å². The highest BCUT2D eigenvalue weighted by atomic mass is 16.5. The van der Waals surface area contributed by atoms with Crippen LogP contribution in [0.25, 0.3) is 0 Å². The lowest BCUT2D eigenvalue weighted by atomic mass is 10.2. The number of ether oxygens (including phenoxy) is 1. The van der Waals surface area contributed by atoms with Crippen LogP contribution in [-0.4, -0.2) is 73.6 Å². The molecular weight excluding hydrogens is 394 g/mol. The molecule has 2 heterocycles. The number of benzene rings is 1. The van der Waals surface area contributed by atoms with E-state index in [0.717, 1.165) is 45.6 Å². The molecule has 0 atom stereocenters. The molecule has 0 saturated carbocycles. The van der Waals surface area contributed by atoms with Crippen molar-refractivity contribution in [3.05, 3.63) is 58.0 Å². The average molecular weight is 428 g/mol. The molecule has 0 radical (unpaired) electrons. The minimum Gasteiger partial charge on any atom is -0.383 e. The number of rotatable bonds is 10. The van der Waals surface area contributed by atoms with E-state index in [-0.39, 0.29) is 17.2 Å². The number of anilines is 1. The maximum absolute atomic E-state index is 12.3. The van der Waals surface area contributed by atoms with Crippen molar-refractivity contribution >= 4 is 11.6 Å². The van der Waals surface area contributed by atoms with Crippen LogP contribution < -0.4 is 15.8 Å². The van der Waals surface area contributed by atoms with E-state index in [2.05, 4.69) is 51.4 Å². The van der Waals surface area contributed by atoms with Crippen molar-refractivity contribution < 1.29 is 9.53 Å². The van der Waals surface area contributed by atoms with Gasteiger partial charge < -0.3 is 15.0 Å². The number of carbonyl (C=O) groups is 1. The van der Waals surface area contributed by atoms with Gasteiger partial charge in [0, 0.05) is 51.6 Å². The first-order valence-corrected chi connectivity index (χ1v) is 11.0. The molecule has 0 spiro atoms. The third-order valence-electron chi connectivity index (χ3n) is 5.53. The molecule has 1 aliphatic rings. The molecule has 1 aromatic heterocycles. The zero-order valence-electron chi connectivity index (χ0n) is 18.5. The van der Waals surface area contributed by atoms with Gasteiger partial charge in [-0.05, 0) is 50.1 Å². The van der Waals surface area contributed by atoms with E-state index >= 15 is 0 Å². The van der Waals surface area contributed by atoms with Crippen molar-refractivity contribution in [1.29, 1.82) is 0 Å². The number of unbranched alkanes of at least 4 members (excludes halogenated alkanes) is 1. The molecule has 1 aliphatic heterocycles. The zero-order valence-corrected chi connectivity index (χ0v) is 18.5. The van der Waals surface area contributed by atoms with Gasteiger partial charge in [0.1, 0.15) is 5.69 Å². The normalized spacial score (nSPS) is 14.6. The molecule has 3 rings (SSSR count). The molecule has 0 aliphatic carbocycles. The summed E-state index contributed by atoms with van der Waals surface area (Å²) in [6, 6.07) is 11.5. The lowest BCUT2D eigenvalue weighted by molar-refractivity contribution is 0.0944. The Balaban J connectivity index is 1.34. The van der Waals surface area contributed by atoms with Crippen LogP contribution in [0.5, 0.6) is 0 Å². The maximum Gasteiger partial charge on any atom is 0.271 e. The lowest BCUT2D eigenvalue weighted by Crippen LogP contribution is -2.46. The van der Waals surface area contributed by atoms with Crippen LogP contribution in [-0.2, 0) is 11.3 Å². The highest BCUT2D eigenvalue weighted by molar-refractivity contribution is 5.91. The second-order valence-corrected chi connectivity index (χ2v) is 7.90. The number of methoxy groups -OCH3 is 1. The van der Waals surface area contributed by atoms with Crippen molar-refractivity contribution in [1.82, 2.24) is 20.0 Å². The van der Waals surface area contributed by atoms with E-state index < -0.39 is 0 Å². The molecule has 8 nitrogen and oxygen atoms in total. The van der Waals surface area contributed by atoms with Crippen molar-refractivity contribution in [3.8, 4) is 0 Å². The molecule has 1 aromatic carbocycles. The SMILES string of the molecule is COCCn1nc(C(=O)NCCCCN2CCN(c3cccc(C)c3)CC2)ccc1=O. The Bertz CT molecular complexity index is 906. The van der Waals surface area contributed by atoms with Crippen LogP contribution in [0, 0.1) is 6.92 Å². The molecule has 168 valence electrons. The van der Waals surface area contributed by atoms with Crippen LogP contribution in [0.4, 0.5) is 5.69 Å². The Hall–Kier alpha value is -2.71. The third-order valence-corrected chi connectivity index (χ3v) is 5.53. The van der Waals surface area contributed by atoms with Crippen LogP contribution >= 0.6 is 0 Å². The number of nitrogens with zero attached hydrogens (tertiary/aromatic N) is 4. The fourth-order valence-electron chi connectivity index (χ4n) is 3.72. The predicted octanol–water partition coefficient (Wildman–Crippen LogP) is 1.53. The largest absolute Gasteiger partial charge is 0.383 e. The smallest absolute Gasteiger partial charge is 0.271 e. The predicted molar refractivity (Wildman–Crippen MR) is 122 cm³/mol. The summed E-state index contributed by atoms with van der Waals surface area (Å²) < 4.78 is 6.23. The highest BCUT2D eigenvalue weighted by Crippen LogP contribution is 2.17. The van der Waals surface area contributed by atoms with Crippen LogP contribution in [0.1, 0.15) is 28.9 Å². The van der Waals surface area contributed by atoms with E-state index in [4.69, 9.17) is 4.74 Å². The first-order chi connectivity index (χ1) is 15.1. The number of carbonyl (C=O) groups excluding carboxylic acids is 1. The number of aryl methyl sites for hydroxylation is 1. The molecule has 1 saturated heterocycles. The van der Waals surface area contributed by atoms with E-state index in [9.17, 15) is 9.59 Å².